The lowest BCUT2D eigenvalue weighted by atomic mass is 10.4. The lowest BCUT2D eigenvalue weighted by Crippen LogP contribution is -2.20. The molecular weight excluding hydrogens is 248 g/mol. The van der Waals surface area contributed by atoms with Crippen molar-refractivity contribution in [3.8, 4) is 0 Å². The molecule has 0 saturated carbocycles. The number of carbonyl (C=O) groups is 3. The zero-order valence-electron chi connectivity index (χ0n) is 10.9. The normalized spacial score (nSPS) is 13.5. The smallest absolute Gasteiger partial charge is 0.307 e. The molecule has 6 nitrogen and oxygen atoms in total. The lowest BCUT2D eigenvalue weighted by molar-refractivity contribution is -0.135. The minimum atomic E-state index is -0.329. The Morgan fingerprint density at radius 3 is 2.47 bits per heavy atom. The molecule has 6 heteroatoms. The maximum absolute atomic E-state index is 11.1. The van der Waals surface area contributed by atoms with Gasteiger partial charge in [-0.1, -0.05) is 13.2 Å². The van der Waals surface area contributed by atoms with Crippen LogP contribution in [0.5, 0.6) is 0 Å². The molecule has 0 unspecified atom stereocenters. The largest absolute Gasteiger partial charge is 0.435 e. The Morgan fingerprint density at radius 1 is 1.42 bits per heavy atom. The summed E-state index contributed by atoms with van der Waals surface area (Å²) in [6.07, 6.45) is 6.68. The second-order valence-electron chi connectivity index (χ2n) is 3.50. The predicted molar refractivity (Wildman–Crippen MR) is 70.4 cm³/mol. The van der Waals surface area contributed by atoms with Crippen molar-refractivity contribution in [1.82, 2.24) is 10.2 Å². The standard InChI is InChI=1S/C9H12N2O2.C4H6O2/c1-2-10-8(12)5-7-11-6-3-4-9(11)13;1-3-6-4(2)5/h2,5,7H,1,3-4,6H2,(H,10,12);3H,1H2,2H3. The van der Waals surface area contributed by atoms with E-state index in [9.17, 15) is 14.4 Å². The summed E-state index contributed by atoms with van der Waals surface area (Å²) in [5.74, 6) is -0.526. The van der Waals surface area contributed by atoms with Crippen molar-refractivity contribution < 1.29 is 19.1 Å². The minimum Gasteiger partial charge on any atom is -0.435 e. The van der Waals surface area contributed by atoms with Gasteiger partial charge in [-0.25, -0.2) is 0 Å². The number of esters is 1. The fraction of sp³-hybridized carbons (Fsp3) is 0.308. The molecule has 104 valence electrons. The van der Waals surface area contributed by atoms with Crippen LogP contribution in [0.25, 0.3) is 0 Å². The van der Waals surface area contributed by atoms with Crippen LogP contribution in [0.3, 0.4) is 0 Å². The van der Waals surface area contributed by atoms with Gasteiger partial charge in [0.25, 0.3) is 0 Å². The van der Waals surface area contributed by atoms with Gasteiger partial charge in [-0.2, -0.15) is 0 Å². The van der Waals surface area contributed by atoms with E-state index < -0.39 is 0 Å². The van der Waals surface area contributed by atoms with Crippen LogP contribution in [0.4, 0.5) is 0 Å². The highest BCUT2D eigenvalue weighted by molar-refractivity contribution is 5.89. The van der Waals surface area contributed by atoms with E-state index in [0.29, 0.717) is 13.0 Å². The average Bonchev–Trinajstić information content (AvgIpc) is 2.73. The number of carbonyl (C=O) groups excluding carboxylic acids is 3. The number of nitrogens with one attached hydrogen (secondary N) is 1. The third-order valence-electron chi connectivity index (χ3n) is 2.01. The van der Waals surface area contributed by atoms with Gasteiger partial charge in [0.05, 0.1) is 6.26 Å². The fourth-order valence-corrected chi connectivity index (χ4v) is 1.25. The third-order valence-corrected chi connectivity index (χ3v) is 2.01. The van der Waals surface area contributed by atoms with Crippen LogP contribution in [-0.4, -0.2) is 29.2 Å². The van der Waals surface area contributed by atoms with Gasteiger partial charge in [-0.15, -0.1) is 0 Å². The molecule has 1 aliphatic rings. The summed E-state index contributed by atoms with van der Waals surface area (Å²) >= 11 is 0. The van der Waals surface area contributed by atoms with E-state index >= 15 is 0 Å². The fourth-order valence-electron chi connectivity index (χ4n) is 1.25. The first kappa shape index (κ1) is 16.6. The van der Waals surface area contributed by atoms with Crippen molar-refractivity contribution in [3.63, 3.8) is 0 Å². The molecule has 1 fully saturated rings. The van der Waals surface area contributed by atoms with Crippen LogP contribution >= 0.6 is 0 Å². The van der Waals surface area contributed by atoms with Gasteiger partial charge in [-0.05, 0) is 12.6 Å². The highest BCUT2D eigenvalue weighted by Gasteiger charge is 2.17. The second-order valence-corrected chi connectivity index (χ2v) is 3.50. The van der Waals surface area contributed by atoms with Crippen molar-refractivity contribution in [2.24, 2.45) is 0 Å². The van der Waals surface area contributed by atoms with Crippen molar-refractivity contribution in [3.05, 3.63) is 37.9 Å². The summed E-state index contributed by atoms with van der Waals surface area (Å²) in [7, 11) is 0. The monoisotopic (exact) mass is 266 g/mol. The summed E-state index contributed by atoms with van der Waals surface area (Å²) in [5, 5.41) is 2.38. The van der Waals surface area contributed by atoms with Gasteiger partial charge in [0.15, 0.2) is 0 Å². The topological polar surface area (TPSA) is 75.7 Å². The molecule has 1 rings (SSSR count). The zero-order valence-corrected chi connectivity index (χ0v) is 10.9. The molecule has 1 heterocycles. The van der Waals surface area contributed by atoms with E-state index in [2.05, 4.69) is 23.2 Å². The van der Waals surface area contributed by atoms with Crippen molar-refractivity contribution >= 4 is 17.8 Å². The second kappa shape index (κ2) is 9.64. The number of likely N-dealkylation sites (tertiary alicyclic amines) is 1. The molecule has 1 saturated heterocycles. The molecule has 0 aromatic heterocycles. The van der Waals surface area contributed by atoms with E-state index in [4.69, 9.17) is 0 Å². The molecular formula is C13H18N2O4. The molecule has 0 atom stereocenters. The third kappa shape index (κ3) is 8.37. The maximum Gasteiger partial charge on any atom is 0.307 e. The summed E-state index contributed by atoms with van der Waals surface area (Å²) in [4.78, 5) is 33.3. The first-order valence-corrected chi connectivity index (χ1v) is 5.68. The zero-order chi connectivity index (χ0) is 14.7. The number of rotatable bonds is 4. The van der Waals surface area contributed by atoms with Crippen LogP contribution in [0.1, 0.15) is 19.8 Å². The van der Waals surface area contributed by atoms with Gasteiger partial charge >= 0.3 is 5.97 Å². The summed E-state index contributed by atoms with van der Waals surface area (Å²) in [6.45, 7) is 8.53. The minimum absolute atomic E-state index is 0.0719. The summed E-state index contributed by atoms with van der Waals surface area (Å²) in [6, 6.07) is 0. The highest BCUT2D eigenvalue weighted by atomic mass is 16.5. The van der Waals surface area contributed by atoms with E-state index in [0.717, 1.165) is 12.7 Å². The van der Waals surface area contributed by atoms with Crippen LogP contribution in [0.2, 0.25) is 0 Å². The van der Waals surface area contributed by atoms with Gasteiger partial charge in [0.2, 0.25) is 11.8 Å². The van der Waals surface area contributed by atoms with E-state index in [1.165, 1.54) is 25.4 Å². The maximum atomic E-state index is 11.1. The van der Waals surface area contributed by atoms with E-state index in [1.54, 1.807) is 4.90 Å². The molecule has 1 N–H and O–H groups in total. The Balaban J connectivity index is 0.000000459. The SMILES string of the molecule is C=CNC(=O)C=CN1CCCC1=O.C=COC(C)=O. The predicted octanol–water partition coefficient (Wildman–Crippen LogP) is 1.08. The highest BCUT2D eigenvalue weighted by Crippen LogP contribution is 2.09. The van der Waals surface area contributed by atoms with Crippen molar-refractivity contribution in [2.45, 2.75) is 19.8 Å². The number of nitrogens with zero attached hydrogens (tertiary/aromatic N) is 1. The van der Waals surface area contributed by atoms with Crippen LogP contribution in [-0.2, 0) is 19.1 Å². The van der Waals surface area contributed by atoms with E-state index in [-0.39, 0.29) is 17.8 Å². The molecule has 0 bridgehead atoms. The van der Waals surface area contributed by atoms with Crippen LogP contribution in [0.15, 0.2) is 37.9 Å². The van der Waals surface area contributed by atoms with Gasteiger partial charge < -0.3 is 15.0 Å². The molecule has 0 aromatic carbocycles. The lowest BCUT2D eigenvalue weighted by Gasteiger charge is -2.07. The molecule has 19 heavy (non-hydrogen) atoms. The Kier molecular flexibility index (Phi) is 8.44. The van der Waals surface area contributed by atoms with Gasteiger partial charge in [0, 0.05) is 32.2 Å². The van der Waals surface area contributed by atoms with Crippen molar-refractivity contribution in [2.75, 3.05) is 6.54 Å². The number of amides is 2. The molecule has 0 spiro atoms. The Labute approximate surface area is 112 Å². The Bertz CT molecular complexity index is 388. The quantitative estimate of drug-likeness (QED) is 0.469. The summed E-state index contributed by atoms with van der Waals surface area (Å²) < 4.78 is 4.17. The number of hydrogen-bond acceptors (Lipinski definition) is 4. The number of ether oxygens (including phenoxy) is 1. The first-order chi connectivity index (χ1) is 9.01. The first-order valence-electron chi connectivity index (χ1n) is 5.68. The number of hydrogen-bond donors (Lipinski definition) is 1. The molecule has 0 radical (unpaired) electrons. The van der Waals surface area contributed by atoms with Crippen LogP contribution in [0, 0.1) is 0 Å². The molecule has 0 aromatic rings. The van der Waals surface area contributed by atoms with Gasteiger partial charge in [0.1, 0.15) is 0 Å². The molecule has 2 amide bonds. The summed E-state index contributed by atoms with van der Waals surface area (Å²) in [5.41, 5.74) is 0. The van der Waals surface area contributed by atoms with Crippen molar-refractivity contribution in [1.29, 1.82) is 0 Å². The van der Waals surface area contributed by atoms with Crippen LogP contribution < -0.4 is 5.32 Å². The Hall–Kier alpha value is -2.37. The average molecular weight is 266 g/mol. The molecule has 0 aliphatic carbocycles. The molecule has 1 aliphatic heterocycles. The van der Waals surface area contributed by atoms with E-state index in [1.807, 2.05) is 0 Å². The van der Waals surface area contributed by atoms with Gasteiger partial charge in [-0.3, -0.25) is 14.4 Å². The Morgan fingerprint density at radius 2 is 2.11 bits per heavy atom.